The fraction of sp³-hybridized carbons (Fsp3) is 0.706. The summed E-state index contributed by atoms with van der Waals surface area (Å²) in [4.78, 5) is 25.4. The Morgan fingerprint density at radius 3 is 1.55 bits per heavy atom. The molecule has 0 heterocycles. The van der Waals surface area contributed by atoms with E-state index in [1.54, 1.807) is 6.08 Å². The molecule has 0 saturated heterocycles. The van der Waals surface area contributed by atoms with Crippen molar-refractivity contribution in [2.24, 2.45) is 0 Å². The molecule has 0 saturated carbocycles. The Labute approximate surface area is 369 Å². The lowest BCUT2D eigenvalue weighted by Gasteiger charge is -2.29. The number of hydrogen-bond donors (Lipinski definition) is 2. The first-order valence-electron chi connectivity index (χ1n) is 23.9. The first kappa shape index (κ1) is 57.7. The van der Waals surface area contributed by atoms with E-state index in [2.05, 4.69) is 92.1 Å². The lowest BCUT2D eigenvalue weighted by atomic mass is 10.1. The number of carbonyl (C=O) groups is 1. The van der Waals surface area contributed by atoms with Crippen LogP contribution in [-0.4, -0.2) is 68.5 Å². The van der Waals surface area contributed by atoms with Crippen LogP contribution in [0.15, 0.2) is 85.1 Å². The minimum Gasteiger partial charge on any atom is -0.756 e. The topological polar surface area (TPSA) is 108 Å². The third-order valence-corrected chi connectivity index (χ3v) is 11.0. The van der Waals surface area contributed by atoms with Gasteiger partial charge in [-0.15, -0.1) is 0 Å². The van der Waals surface area contributed by atoms with Crippen molar-refractivity contribution in [3.63, 3.8) is 0 Å². The Morgan fingerprint density at radius 1 is 0.600 bits per heavy atom. The number of quaternary nitrogens is 1. The number of likely N-dealkylation sites (N-methyl/N-ethyl adjacent to an activating group) is 1. The molecule has 0 aromatic heterocycles. The molecule has 3 atom stereocenters. The van der Waals surface area contributed by atoms with Gasteiger partial charge in [0.05, 0.1) is 39.9 Å². The number of amides is 1. The van der Waals surface area contributed by atoms with E-state index in [9.17, 15) is 19.4 Å². The maximum Gasteiger partial charge on any atom is 0.268 e. The highest BCUT2D eigenvalue weighted by atomic mass is 31.2. The molecule has 0 aliphatic rings. The molecule has 0 fully saturated rings. The number of allylic oxidation sites excluding steroid dienone is 13. The Kier molecular flexibility index (Phi) is 40.4. The van der Waals surface area contributed by atoms with E-state index >= 15 is 0 Å². The SMILES string of the molecule is CC/C=C\C/C=C\C/C=C\C/C=C\CCCCCCCCC(=O)NC(COP(=O)([O-])OCC[N+](C)(C)C)C(O)/C=C/CC/C=C/CC/C=C/CCCCCCCCCCC. The number of aliphatic hydroxyl groups is 1. The highest BCUT2D eigenvalue weighted by molar-refractivity contribution is 7.45. The normalized spacial score (nSPS) is 15.0. The molecule has 0 aromatic rings. The van der Waals surface area contributed by atoms with Crippen molar-refractivity contribution in [3.05, 3.63) is 85.1 Å². The number of rotatable bonds is 42. The fourth-order valence-corrected chi connectivity index (χ4v) is 7.01. The van der Waals surface area contributed by atoms with Crippen LogP contribution in [0, 0.1) is 0 Å². The van der Waals surface area contributed by atoms with Crippen LogP contribution in [0.25, 0.3) is 0 Å². The van der Waals surface area contributed by atoms with Crippen molar-refractivity contribution in [1.82, 2.24) is 5.32 Å². The largest absolute Gasteiger partial charge is 0.756 e. The summed E-state index contributed by atoms with van der Waals surface area (Å²) in [5.41, 5.74) is 0. The van der Waals surface area contributed by atoms with E-state index in [1.165, 1.54) is 70.6 Å². The number of unbranched alkanes of at least 4 members (excludes halogenated alkanes) is 17. The number of phosphoric acid groups is 1. The fourth-order valence-electron chi connectivity index (χ4n) is 6.29. The summed E-state index contributed by atoms with van der Waals surface area (Å²) < 4.78 is 23.2. The quantitative estimate of drug-likeness (QED) is 0.0274. The van der Waals surface area contributed by atoms with Gasteiger partial charge in [-0.05, 0) is 83.5 Å². The maximum atomic E-state index is 12.9. The summed E-state index contributed by atoms with van der Waals surface area (Å²) in [6.45, 7) is 4.47. The van der Waals surface area contributed by atoms with Crippen molar-refractivity contribution in [3.8, 4) is 0 Å². The van der Waals surface area contributed by atoms with Gasteiger partial charge in [-0.3, -0.25) is 9.36 Å². The molecule has 3 unspecified atom stereocenters. The lowest BCUT2D eigenvalue weighted by molar-refractivity contribution is -0.870. The Balaban J connectivity index is 4.50. The standard InChI is InChI=1S/C51H91N2O6P/c1-6-8-10-12-14-16-18-20-22-24-26-28-30-32-34-36-38-40-42-44-50(54)49(48-59-60(56,57)58-47-46-53(3,4)5)52-51(55)45-43-41-39-37-35-33-31-29-27-25-23-21-19-17-15-13-11-9-7-2/h9,11,15,17,21,23,26-29,34,36,42,44,49-50,54H,6-8,10,12-14,16,18-20,22,24-25,30-33,35,37-41,43,45-48H2,1-5H3,(H-,52,55,56,57)/b11-9-,17-15-,23-21-,28-26+,29-27-,36-34+,44-42+. The van der Waals surface area contributed by atoms with Gasteiger partial charge in [0.15, 0.2) is 0 Å². The third-order valence-electron chi connectivity index (χ3n) is 10.1. The highest BCUT2D eigenvalue weighted by Gasteiger charge is 2.23. The average molecular weight is 859 g/mol. The first-order valence-corrected chi connectivity index (χ1v) is 25.4. The number of nitrogens with zero attached hydrogens (tertiary/aromatic N) is 1. The van der Waals surface area contributed by atoms with Gasteiger partial charge in [0, 0.05) is 6.42 Å². The summed E-state index contributed by atoms with van der Waals surface area (Å²) in [6, 6.07) is -0.922. The van der Waals surface area contributed by atoms with Crippen molar-refractivity contribution >= 4 is 13.7 Å². The number of hydrogen-bond acceptors (Lipinski definition) is 6. The Bertz CT molecular complexity index is 1250. The number of aliphatic hydroxyl groups excluding tert-OH is 1. The second kappa shape index (κ2) is 42.0. The van der Waals surface area contributed by atoms with Crippen LogP contribution in [0.1, 0.15) is 181 Å². The van der Waals surface area contributed by atoms with Gasteiger partial charge < -0.3 is 28.8 Å². The molecule has 0 aliphatic carbocycles. The minimum atomic E-state index is -4.61. The van der Waals surface area contributed by atoms with Crippen molar-refractivity contribution in [2.45, 2.75) is 193 Å². The van der Waals surface area contributed by atoms with E-state index in [1.807, 2.05) is 27.2 Å². The van der Waals surface area contributed by atoms with Crippen molar-refractivity contribution in [2.75, 3.05) is 40.9 Å². The second-order valence-corrected chi connectivity index (χ2v) is 18.5. The zero-order chi connectivity index (χ0) is 44.3. The number of carbonyl (C=O) groups excluding carboxylic acids is 1. The molecule has 0 aliphatic heterocycles. The van der Waals surface area contributed by atoms with Gasteiger partial charge in [-0.2, -0.15) is 0 Å². The Hall–Kier alpha value is -2.32. The summed E-state index contributed by atoms with van der Waals surface area (Å²) >= 11 is 0. The van der Waals surface area contributed by atoms with Crippen molar-refractivity contribution < 1.29 is 32.9 Å². The van der Waals surface area contributed by atoms with E-state index in [4.69, 9.17) is 9.05 Å². The van der Waals surface area contributed by atoms with Crippen LogP contribution in [0.2, 0.25) is 0 Å². The minimum absolute atomic E-state index is 0.0165. The summed E-state index contributed by atoms with van der Waals surface area (Å²) in [6.07, 6.45) is 57.8. The molecule has 0 spiro atoms. The molecule has 60 heavy (non-hydrogen) atoms. The predicted molar refractivity (Wildman–Crippen MR) is 256 cm³/mol. The molecule has 0 aromatic carbocycles. The smallest absolute Gasteiger partial charge is 0.268 e. The summed E-state index contributed by atoms with van der Waals surface area (Å²) in [5, 5.41) is 13.8. The zero-order valence-corrected chi connectivity index (χ0v) is 40.0. The van der Waals surface area contributed by atoms with Gasteiger partial charge in [0.2, 0.25) is 5.91 Å². The molecular formula is C51H91N2O6P. The highest BCUT2D eigenvalue weighted by Crippen LogP contribution is 2.38. The third kappa shape index (κ3) is 43.8. The molecular weight excluding hydrogens is 768 g/mol. The van der Waals surface area contributed by atoms with Gasteiger partial charge in [-0.25, -0.2) is 0 Å². The average Bonchev–Trinajstić information content (AvgIpc) is 3.20. The van der Waals surface area contributed by atoms with Crippen LogP contribution in [0.4, 0.5) is 0 Å². The molecule has 2 N–H and O–H groups in total. The monoisotopic (exact) mass is 859 g/mol. The van der Waals surface area contributed by atoms with E-state index in [-0.39, 0.29) is 12.5 Å². The summed E-state index contributed by atoms with van der Waals surface area (Å²) in [5.74, 6) is -0.229. The van der Waals surface area contributed by atoms with E-state index in [0.29, 0.717) is 17.4 Å². The summed E-state index contributed by atoms with van der Waals surface area (Å²) in [7, 11) is 1.21. The number of nitrogens with one attached hydrogen (secondary N) is 1. The molecule has 0 rings (SSSR count). The van der Waals surface area contributed by atoms with Crippen LogP contribution < -0.4 is 10.2 Å². The second-order valence-electron chi connectivity index (χ2n) is 17.1. The molecule has 346 valence electrons. The van der Waals surface area contributed by atoms with E-state index in [0.717, 1.165) is 89.9 Å². The molecule has 1 amide bonds. The van der Waals surface area contributed by atoms with Crippen LogP contribution >= 0.6 is 7.82 Å². The first-order chi connectivity index (χ1) is 29.0. The predicted octanol–water partition coefficient (Wildman–Crippen LogP) is 13.1. The maximum absolute atomic E-state index is 12.9. The zero-order valence-electron chi connectivity index (χ0n) is 39.1. The van der Waals surface area contributed by atoms with Gasteiger partial charge in [0.25, 0.3) is 7.82 Å². The Morgan fingerprint density at radius 2 is 1.03 bits per heavy atom. The molecule has 9 heteroatoms. The van der Waals surface area contributed by atoms with Crippen LogP contribution in [-0.2, 0) is 18.4 Å². The van der Waals surface area contributed by atoms with Gasteiger partial charge in [0.1, 0.15) is 13.2 Å². The van der Waals surface area contributed by atoms with Crippen molar-refractivity contribution in [1.29, 1.82) is 0 Å². The van der Waals surface area contributed by atoms with Gasteiger partial charge >= 0.3 is 0 Å². The van der Waals surface area contributed by atoms with E-state index < -0.39 is 26.6 Å². The molecule has 8 nitrogen and oxygen atoms in total. The molecule has 0 radical (unpaired) electrons. The van der Waals surface area contributed by atoms with Crippen LogP contribution in [0.3, 0.4) is 0 Å². The number of phosphoric ester groups is 1. The van der Waals surface area contributed by atoms with Gasteiger partial charge in [-0.1, -0.05) is 176 Å². The lowest BCUT2D eigenvalue weighted by Crippen LogP contribution is -2.45. The van der Waals surface area contributed by atoms with Crippen LogP contribution in [0.5, 0.6) is 0 Å². The molecule has 0 bridgehead atoms.